The van der Waals surface area contributed by atoms with Gasteiger partial charge in [0.25, 0.3) is 5.91 Å². The number of likely N-dealkylation sites (N-methyl/N-ethyl adjacent to an activating group) is 1. The van der Waals surface area contributed by atoms with Gasteiger partial charge in [0.15, 0.2) is 5.76 Å². The molecule has 0 bridgehead atoms. The molecule has 19 heavy (non-hydrogen) atoms. The molecule has 0 aliphatic rings. The lowest BCUT2D eigenvalue weighted by atomic mass is 9.88. The summed E-state index contributed by atoms with van der Waals surface area (Å²) in [6.07, 6.45) is 0. The maximum absolute atomic E-state index is 12.4. The molecule has 7 heteroatoms. The molecule has 0 saturated carbocycles. The smallest absolute Gasteiger partial charge is 0.265 e. The van der Waals surface area contributed by atoms with E-state index in [1.165, 1.54) is 24.4 Å². The lowest BCUT2D eigenvalue weighted by Gasteiger charge is -2.30. The van der Waals surface area contributed by atoms with Crippen LogP contribution in [0.25, 0.3) is 0 Å². The lowest BCUT2D eigenvalue weighted by Crippen LogP contribution is -2.50. The first-order chi connectivity index (χ1) is 8.71. The number of hydrogen-bond donors (Lipinski definition) is 2. The van der Waals surface area contributed by atoms with Crippen molar-refractivity contribution in [2.75, 3.05) is 7.05 Å². The van der Waals surface area contributed by atoms with E-state index >= 15 is 0 Å². The van der Waals surface area contributed by atoms with Crippen LogP contribution in [0.15, 0.2) is 10.6 Å². The Morgan fingerprint density at radius 2 is 2.11 bits per heavy atom. The Morgan fingerprint density at radius 1 is 1.53 bits per heavy atom. The first kappa shape index (κ1) is 15.2. The number of hydrogen-bond acceptors (Lipinski definition) is 5. The van der Waals surface area contributed by atoms with Crippen molar-refractivity contribution in [1.82, 2.24) is 15.5 Å². The molecule has 106 valence electrons. The molecule has 0 spiro atoms. The van der Waals surface area contributed by atoms with Crippen LogP contribution in [0.1, 0.15) is 32.2 Å². The average Bonchev–Trinajstić information content (AvgIpc) is 2.82. The van der Waals surface area contributed by atoms with Crippen molar-refractivity contribution in [2.45, 2.75) is 39.2 Å². The van der Waals surface area contributed by atoms with Crippen molar-refractivity contribution in [3.63, 3.8) is 0 Å². The molecule has 1 aromatic rings. The highest BCUT2D eigenvalue weighted by Crippen LogP contribution is 2.26. The normalized spacial score (nSPS) is 12.9. The Bertz CT molecular complexity index is 481. The van der Waals surface area contributed by atoms with Crippen molar-refractivity contribution < 1.29 is 19.3 Å². The summed E-state index contributed by atoms with van der Waals surface area (Å²) in [5.41, 5.74) is 1.26. The van der Waals surface area contributed by atoms with Gasteiger partial charge >= 0.3 is 0 Å². The number of aryl methyl sites for hydroxylation is 1. The maximum Gasteiger partial charge on any atom is 0.265 e. The van der Waals surface area contributed by atoms with Crippen molar-refractivity contribution in [2.24, 2.45) is 0 Å². The third kappa shape index (κ3) is 2.93. The molecular weight excluding hydrogens is 250 g/mol. The van der Waals surface area contributed by atoms with E-state index in [4.69, 9.17) is 9.73 Å². The summed E-state index contributed by atoms with van der Waals surface area (Å²) >= 11 is 0. The van der Waals surface area contributed by atoms with Gasteiger partial charge in [-0.2, -0.15) is 0 Å². The topological polar surface area (TPSA) is 95.7 Å². The third-order valence-electron chi connectivity index (χ3n) is 3.17. The Labute approximate surface area is 111 Å². The van der Waals surface area contributed by atoms with E-state index in [-0.39, 0.29) is 5.91 Å². The van der Waals surface area contributed by atoms with Gasteiger partial charge in [-0.15, -0.1) is 0 Å². The molecule has 0 fully saturated rings. The Hall–Kier alpha value is -1.89. The number of carbonyl (C=O) groups is 2. The number of carbonyl (C=O) groups excluding carboxylic acids is 2. The number of hydroxylamine groups is 1. The number of rotatable bonds is 4. The predicted molar refractivity (Wildman–Crippen MR) is 66.4 cm³/mol. The second-order valence-electron chi connectivity index (χ2n) is 5.03. The van der Waals surface area contributed by atoms with Crippen LogP contribution in [0.2, 0.25) is 0 Å². The molecule has 2 N–H and O–H groups in total. The third-order valence-corrected chi connectivity index (χ3v) is 3.17. The highest BCUT2D eigenvalue weighted by molar-refractivity contribution is 5.91. The maximum atomic E-state index is 12.4. The highest BCUT2D eigenvalue weighted by atomic mass is 16.5. The van der Waals surface area contributed by atoms with E-state index in [0.717, 1.165) is 0 Å². The molecule has 1 atom stereocenters. The molecule has 1 aromatic heterocycles. The van der Waals surface area contributed by atoms with E-state index < -0.39 is 17.4 Å². The number of aromatic nitrogens is 1. The van der Waals surface area contributed by atoms with E-state index in [2.05, 4.69) is 5.16 Å². The van der Waals surface area contributed by atoms with Gasteiger partial charge in [-0.05, 0) is 27.7 Å². The zero-order valence-electron chi connectivity index (χ0n) is 11.7. The fraction of sp³-hybridized carbons (Fsp3) is 0.583. The van der Waals surface area contributed by atoms with Crippen molar-refractivity contribution >= 4 is 11.8 Å². The average molecular weight is 269 g/mol. The number of amides is 2. The molecule has 0 radical (unpaired) electrons. The molecule has 0 aliphatic heterocycles. The van der Waals surface area contributed by atoms with Crippen molar-refractivity contribution in [3.05, 3.63) is 17.5 Å². The summed E-state index contributed by atoms with van der Waals surface area (Å²) in [5.74, 6) is -0.529. The van der Waals surface area contributed by atoms with Crippen LogP contribution in [-0.2, 0) is 15.0 Å². The van der Waals surface area contributed by atoms with Gasteiger partial charge in [-0.3, -0.25) is 14.8 Å². The fourth-order valence-corrected chi connectivity index (χ4v) is 1.65. The van der Waals surface area contributed by atoms with Crippen molar-refractivity contribution in [1.29, 1.82) is 0 Å². The lowest BCUT2D eigenvalue weighted by molar-refractivity contribution is -0.145. The quantitative estimate of drug-likeness (QED) is 0.617. The van der Waals surface area contributed by atoms with Gasteiger partial charge in [0, 0.05) is 13.1 Å². The molecule has 2 amide bonds. The van der Waals surface area contributed by atoms with Crippen LogP contribution in [0.4, 0.5) is 0 Å². The number of nitrogens with one attached hydrogen (secondary N) is 1. The molecular formula is C12H19N3O4. The minimum absolute atomic E-state index is 0.306. The van der Waals surface area contributed by atoms with Crippen LogP contribution in [-0.4, -0.2) is 40.2 Å². The Balaban J connectivity index is 2.95. The van der Waals surface area contributed by atoms with Gasteiger partial charge in [-0.1, -0.05) is 5.16 Å². The summed E-state index contributed by atoms with van der Waals surface area (Å²) in [5, 5.41) is 12.3. The summed E-state index contributed by atoms with van der Waals surface area (Å²) in [6, 6.07) is 0.892. The van der Waals surface area contributed by atoms with Gasteiger partial charge in [-0.25, -0.2) is 5.48 Å². The zero-order chi connectivity index (χ0) is 14.8. The van der Waals surface area contributed by atoms with Gasteiger partial charge < -0.3 is 9.42 Å². The molecule has 7 nitrogen and oxygen atoms in total. The van der Waals surface area contributed by atoms with Crippen LogP contribution in [0.5, 0.6) is 0 Å². The molecule has 1 unspecified atom stereocenters. The second kappa shape index (κ2) is 5.40. The number of nitrogens with zero attached hydrogens (tertiary/aromatic N) is 2. The highest BCUT2D eigenvalue weighted by Gasteiger charge is 2.38. The van der Waals surface area contributed by atoms with Gasteiger partial charge in [0.1, 0.15) is 11.5 Å². The van der Waals surface area contributed by atoms with E-state index in [9.17, 15) is 9.59 Å². The fourth-order valence-electron chi connectivity index (χ4n) is 1.65. The largest absolute Gasteiger partial charge is 0.360 e. The zero-order valence-corrected chi connectivity index (χ0v) is 11.7. The summed E-state index contributed by atoms with van der Waals surface area (Å²) in [7, 11) is 1.49. The molecule has 1 rings (SSSR count). The monoisotopic (exact) mass is 269 g/mol. The SMILES string of the molecule is Cc1cc(C(C)(C)C(=O)N(C)C(C)C(=O)NO)on1. The minimum atomic E-state index is -0.944. The summed E-state index contributed by atoms with van der Waals surface area (Å²) in [4.78, 5) is 25.0. The molecule has 0 saturated heterocycles. The molecule has 1 heterocycles. The minimum Gasteiger partial charge on any atom is -0.360 e. The van der Waals surface area contributed by atoms with Crippen molar-refractivity contribution in [3.8, 4) is 0 Å². The molecule has 0 aromatic carbocycles. The van der Waals surface area contributed by atoms with Gasteiger partial charge in [0.2, 0.25) is 5.91 Å². The second-order valence-corrected chi connectivity index (χ2v) is 5.03. The first-order valence-electron chi connectivity index (χ1n) is 5.86. The first-order valence-corrected chi connectivity index (χ1v) is 5.86. The van der Waals surface area contributed by atoms with Gasteiger partial charge in [0.05, 0.1) is 5.69 Å². The Kier molecular flexibility index (Phi) is 4.31. The Morgan fingerprint density at radius 3 is 2.53 bits per heavy atom. The summed E-state index contributed by atoms with van der Waals surface area (Å²) in [6.45, 7) is 6.66. The molecule has 0 aliphatic carbocycles. The standard InChI is InChI=1S/C12H19N3O4/c1-7-6-9(19-14-7)12(3,4)11(17)15(5)8(2)10(16)13-18/h6,8,18H,1-5H3,(H,13,16). The van der Waals surface area contributed by atoms with Crippen LogP contribution in [0.3, 0.4) is 0 Å². The van der Waals surface area contributed by atoms with E-state index in [1.54, 1.807) is 26.8 Å². The van der Waals surface area contributed by atoms with Crippen LogP contribution < -0.4 is 5.48 Å². The van der Waals surface area contributed by atoms with E-state index in [1.807, 2.05) is 0 Å². The predicted octanol–water partition coefficient (Wildman–Crippen LogP) is 0.613. The van der Waals surface area contributed by atoms with Crippen LogP contribution >= 0.6 is 0 Å². The van der Waals surface area contributed by atoms with Crippen LogP contribution in [0, 0.1) is 6.92 Å². The summed E-state index contributed by atoms with van der Waals surface area (Å²) < 4.78 is 5.12. The van der Waals surface area contributed by atoms with E-state index in [0.29, 0.717) is 11.5 Å².